The van der Waals surface area contributed by atoms with Crippen molar-refractivity contribution in [1.29, 1.82) is 0 Å². The van der Waals surface area contributed by atoms with E-state index >= 15 is 0 Å². The van der Waals surface area contributed by atoms with Gasteiger partial charge in [-0.3, -0.25) is 4.90 Å². The van der Waals surface area contributed by atoms with Crippen LogP contribution in [-0.2, 0) is 13.0 Å². The molecule has 0 amide bonds. The molecule has 1 nitrogen and oxygen atoms in total. The molecular formula is C23H29F2N. The first kappa shape index (κ1) is 19.0. The topological polar surface area (TPSA) is 3.24 Å². The van der Waals surface area contributed by atoms with Gasteiger partial charge in [0.25, 0.3) is 0 Å². The highest BCUT2D eigenvalue weighted by Gasteiger charge is 2.18. The Morgan fingerprint density at radius 2 is 1.69 bits per heavy atom. The van der Waals surface area contributed by atoms with Crippen molar-refractivity contribution in [2.75, 3.05) is 13.1 Å². The number of benzene rings is 2. The van der Waals surface area contributed by atoms with Gasteiger partial charge in [0.2, 0.25) is 0 Å². The third kappa shape index (κ3) is 5.91. The molecule has 0 unspecified atom stereocenters. The van der Waals surface area contributed by atoms with Crippen molar-refractivity contribution in [1.82, 2.24) is 4.90 Å². The lowest BCUT2D eigenvalue weighted by molar-refractivity contribution is 0.190. The van der Waals surface area contributed by atoms with E-state index in [4.69, 9.17) is 0 Å². The Hall–Kier alpha value is -1.74. The normalized spacial score (nSPS) is 15.5. The molecule has 1 aliphatic carbocycles. The zero-order chi connectivity index (χ0) is 18.2. The largest absolute Gasteiger partial charge is 0.299 e. The second-order valence-corrected chi connectivity index (χ2v) is 7.56. The van der Waals surface area contributed by atoms with Crippen molar-refractivity contribution < 1.29 is 8.78 Å². The maximum atomic E-state index is 14.1. The van der Waals surface area contributed by atoms with E-state index in [0.29, 0.717) is 18.0 Å². The molecule has 2 aromatic carbocycles. The predicted molar refractivity (Wildman–Crippen MR) is 103 cm³/mol. The van der Waals surface area contributed by atoms with E-state index in [9.17, 15) is 8.78 Å². The highest BCUT2D eigenvalue weighted by Crippen LogP contribution is 2.25. The van der Waals surface area contributed by atoms with Crippen LogP contribution < -0.4 is 0 Å². The fourth-order valence-electron chi connectivity index (χ4n) is 4.03. The molecule has 0 aromatic heterocycles. The van der Waals surface area contributed by atoms with E-state index in [2.05, 4.69) is 29.2 Å². The van der Waals surface area contributed by atoms with Gasteiger partial charge in [-0.05, 0) is 61.9 Å². The number of hydrogen-bond acceptors (Lipinski definition) is 1. The van der Waals surface area contributed by atoms with Crippen LogP contribution in [0.1, 0.15) is 49.7 Å². The van der Waals surface area contributed by atoms with E-state index in [1.807, 2.05) is 6.07 Å². The summed E-state index contributed by atoms with van der Waals surface area (Å²) in [5.41, 5.74) is 1.81. The van der Waals surface area contributed by atoms with Crippen LogP contribution in [0.5, 0.6) is 0 Å². The zero-order valence-corrected chi connectivity index (χ0v) is 15.5. The van der Waals surface area contributed by atoms with Gasteiger partial charge in [0.05, 0.1) is 0 Å². The molecule has 0 radical (unpaired) electrons. The van der Waals surface area contributed by atoms with Crippen LogP contribution in [0.3, 0.4) is 0 Å². The van der Waals surface area contributed by atoms with Crippen LogP contribution in [0.4, 0.5) is 8.78 Å². The van der Waals surface area contributed by atoms with Gasteiger partial charge in [0, 0.05) is 18.7 Å². The first-order valence-electron chi connectivity index (χ1n) is 9.91. The second-order valence-electron chi connectivity index (χ2n) is 7.56. The van der Waals surface area contributed by atoms with Gasteiger partial charge < -0.3 is 0 Å². The second kappa shape index (κ2) is 9.82. The average Bonchev–Trinajstić information content (AvgIpc) is 2.66. The zero-order valence-electron chi connectivity index (χ0n) is 15.5. The third-order valence-electron chi connectivity index (χ3n) is 5.43. The fraction of sp³-hybridized carbons (Fsp3) is 0.478. The summed E-state index contributed by atoms with van der Waals surface area (Å²) in [4.78, 5) is 2.33. The Balaban J connectivity index is 1.61. The highest BCUT2D eigenvalue weighted by atomic mass is 19.1. The summed E-state index contributed by atoms with van der Waals surface area (Å²) in [7, 11) is 0. The van der Waals surface area contributed by atoms with Crippen molar-refractivity contribution in [2.24, 2.45) is 5.92 Å². The summed E-state index contributed by atoms with van der Waals surface area (Å²) in [6.07, 6.45) is 8.53. The van der Waals surface area contributed by atoms with Gasteiger partial charge in [-0.15, -0.1) is 0 Å². The van der Waals surface area contributed by atoms with Crippen molar-refractivity contribution in [3.8, 4) is 0 Å². The molecule has 0 spiro atoms. The Morgan fingerprint density at radius 1 is 0.923 bits per heavy atom. The van der Waals surface area contributed by atoms with Crippen molar-refractivity contribution in [2.45, 2.75) is 51.5 Å². The van der Waals surface area contributed by atoms with Crippen LogP contribution in [0.25, 0.3) is 0 Å². The molecule has 0 atom stereocenters. The van der Waals surface area contributed by atoms with Crippen molar-refractivity contribution in [3.63, 3.8) is 0 Å². The fourth-order valence-corrected chi connectivity index (χ4v) is 4.03. The number of rotatable bonds is 8. The molecule has 0 heterocycles. The Labute approximate surface area is 156 Å². The van der Waals surface area contributed by atoms with E-state index in [1.54, 1.807) is 0 Å². The number of halogens is 2. The Morgan fingerprint density at radius 3 is 2.46 bits per heavy atom. The summed E-state index contributed by atoms with van der Waals surface area (Å²) in [5.74, 6) is 0.0310. The minimum atomic E-state index is -0.358. The molecule has 3 rings (SSSR count). The molecular weight excluding hydrogens is 328 g/mol. The van der Waals surface area contributed by atoms with E-state index in [-0.39, 0.29) is 11.6 Å². The van der Waals surface area contributed by atoms with E-state index < -0.39 is 0 Å². The molecule has 2 aromatic rings. The minimum Gasteiger partial charge on any atom is -0.299 e. The molecule has 1 saturated carbocycles. The molecule has 26 heavy (non-hydrogen) atoms. The molecule has 0 N–H and O–H groups in total. The van der Waals surface area contributed by atoms with Crippen LogP contribution >= 0.6 is 0 Å². The van der Waals surface area contributed by atoms with E-state index in [0.717, 1.165) is 25.9 Å². The first-order chi connectivity index (χ1) is 12.7. The van der Waals surface area contributed by atoms with Crippen molar-refractivity contribution in [3.05, 3.63) is 71.3 Å². The molecule has 140 valence electrons. The quantitative estimate of drug-likeness (QED) is 0.562. The summed E-state index contributed by atoms with van der Waals surface area (Å²) in [6.45, 7) is 2.40. The predicted octanol–water partition coefficient (Wildman–Crippen LogP) is 5.98. The summed E-state index contributed by atoms with van der Waals surface area (Å²) in [6, 6.07) is 14.3. The Bertz CT molecular complexity index is 665. The standard InChI is InChI=1S/C23H29F2N/c24-22-13-14-23(25)21(16-22)18-26(17-20-10-5-2-6-11-20)15-7-12-19-8-3-1-4-9-19/h1,3-4,8-9,13-14,16,20H,2,5-7,10-12,15,17-18H2. The molecule has 0 saturated heterocycles. The lowest BCUT2D eigenvalue weighted by Gasteiger charge is -2.30. The maximum Gasteiger partial charge on any atom is 0.127 e. The van der Waals surface area contributed by atoms with Gasteiger partial charge in [0.1, 0.15) is 11.6 Å². The van der Waals surface area contributed by atoms with Gasteiger partial charge in [-0.25, -0.2) is 8.78 Å². The van der Waals surface area contributed by atoms with E-state index in [1.165, 1.54) is 55.9 Å². The van der Waals surface area contributed by atoms with Gasteiger partial charge >= 0.3 is 0 Å². The van der Waals surface area contributed by atoms with Gasteiger partial charge in [0.15, 0.2) is 0 Å². The van der Waals surface area contributed by atoms with Gasteiger partial charge in [-0.1, -0.05) is 49.6 Å². The maximum absolute atomic E-state index is 14.1. The molecule has 1 fully saturated rings. The molecule has 3 heteroatoms. The van der Waals surface area contributed by atoms with Crippen molar-refractivity contribution >= 4 is 0 Å². The minimum absolute atomic E-state index is 0.303. The molecule has 1 aliphatic rings. The Kier molecular flexibility index (Phi) is 7.19. The van der Waals surface area contributed by atoms with Gasteiger partial charge in [-0.2, -0.15) is 0 Å². The number of aryl methyl sites for hydroxylation is 1. The molecule has 0 aliphatic heterocycles. The first-order valence-corrected chi connectivity index (χ1v) is 9.91. The SMILES string of the molecule is Fc1ccc(F)c(CN(CCCc2ccccc2)CC2CCCCC2)c1. The van der Waals surface area contributed by atoms with Crippen LogP contribution in [-0.4, -0.2) is 18.0 Å². The summed E-state index contributed by atoms with van der Waals surface area (Å²) in [5, 5.41) is 0. The lowest BCUT2D eigenvalue weighted by Crippen LogP contribution is -2.31. The average molecular weight is 357 g/mol. The smallest absolute Gasteiger partial charge is 0.127 e. The number of nitrogens with zero attached hydrogens (tertiary/aromatic N) is 1. The van der Waals surface area contributed by atoms with Crippen LogP contribution in [0.2, 0.25) is 0 Å². The van der Waals surface area contributed by atoms with Crippen LogP contribution in [0, 0.1) is 17.6 Å². The summed E-state index contributed by atoms with van der Waals surface area (Å²) >= 11 is 0. The van der Waals surface area contributed by atoms with Crippen LogP contribution in [0.15, 0.2) is 48.5 Å². The highest BCUT2D eigenvalue weighted by molar-refractivity contribution is 5.19. The summed E-state index contributed by atoms with van der Waals surface area (Å²) < 4.78 is 27.6. The lowest BCUT2D eigenvalue weighted by atomic mass is 9.89. The molecule has 0 bridgehead atoms. The monoisotopic (exact) mass is 357 g/mol. The number of hydrogen-bond donors (Lipinski definition) is 0. The third-order valence-corrected chi connectivity index (χ3v) is 5.43.